The van der Waals surface area contributed by atoms with Crippen LogP contribution in [0.15, 0.2) is 36.7 Å². The van der Waals surface area contributed by atoms with Gasteiger partial charge in [0.25, 0.3) is 11.8 Å². The summed E-state index contributed by atoms with van der Waals surface area (Å²) in [7, 11) is 0. The van der Waals surface area contributed by atoms with Gasteiger partial charge in [0, 0.05) is 12.1 Å². The first-order chi connectivity index (χ1) is 17.0. The number of pyridine rings is 1. The number of nitrogens with one attached hydrogen (secondary N) is 1. The average molecular weight is 503 g/mol. The van der Waals surface area contributed by atoms with Crippen LogP contribution in [0.5, 0.6) is 11.5 Å². The van der Waals surface area contributed by atoms with Crippen LogP contribution in [0.2, 0.25) is 0 Å². The van der Waals surface area contributed by atoms with E-state index in [9.17, 15) is 23.5 Å². The lowest BCUT2D eigenvalue weighted by Gasteiger charge is -2.30. The van der Waals surface area contributed by atoms with Crippen molar-refractivity contribution in [3.05, 3.63) is 59.4 Å². The number of hydrogen-bond acceptors (Lipinski definition) is 6. The Morgan fingerprint density at radius 1 is 1.19 bits per heavy atom. The van der Waals surface area contributed by atoms with E-state index in [2.05, 4.69) is 10.4 Å². The van der Waals surface area contributed by atoms with Gasteiger partial charge in [-0.2, -0.15) is 5.10 Å². The molecule has 2 aromatic heterocycles. The van der Waals surface area contributed by atoms with E-state index in [4.69, 9.17) is 15.2 Å². The van der Waals surface area contributed by atoms with Crippen LogP contribution in [-0.4, -0.2) is 50.9 Å². The van der Waals surface area contributed by atoms with Crippen molar-refractivity contribution in [2.75, 3.05) is 6.61 Å². The van der Waals surface area contributed by atoms with Crippen LogP contribution in [0.3, 0.4) is 0 Å². The Morgan fingerprint density at radius 2 is 1.92 bits per heavy atom. The van der Waals surface area contributed by atoms with Crippen molar-refractivity contribution in [1.82, 2.24) is 14.9 Å². The minimum Gasteiger partial charge on any atom is -0.489 e. The fourth-order valence-electron chi connectivity index (χ4n) is 4.10. The third-order valence-electron chi connectivity index (χ3n) is 5.89. The largest absolute Gasteiger partial charge is 0.489 e. The summed E-state index contributed by atoms with van der Waals surface area (Å²) in [4.78, 5) is 24.5. The second-order valence-corrected chi connectivity index (χ2v) is 9.55. The second-order valence-electron chi connectivity index (χ2n) is 9.55. The molecule has 9 nitrogen and oxygen atoms in total. The quantitative estimate of drug-likeness (QED) is 0.435. The Labute approximate surface area is 206 Å². The van der Waals surface area contributed by atoms with Crippen LogP contribution in [0, 0.1) is 11.6 Å². The highest BCUT2D eigenvalue weighted by Crippen LogP contribution is 2.30. The molecule has 0 aliphatic heterocycles. The number of halogens is 2. The van der Waals surface area contributed by atoms with Crippen molar-refractivity contribution < 1.29 is 33.0 Å². The molecule has 1 aliphatic carbocycles. The second kappa shape index (κ2) is 10.1. The number of carbonyl (C=O) groups excluding carboxylic acids is 2. The van der Waals surface area contributed by atoms with E-state index in [0.717, 1.165) is 6.07 Å². The predicted octanol–water partition coefficient (Wildman–Crippen LogP) is 2.98. The fourth-order valence-corrected chi connectivity index (χ4v) is 4.10. The number of primary amides is 1. The van der Waals surface area contributed by atoms with Gasteiger partial charge < -0.3 is 25.6 Å². The number of fused-ring (bicyclic) bond motifs is 1. The van der Waals surface area contributed by atoms with Gasteiger partial charge >= 0.3 is 0 Å². The Hall–Kier alpha value is -3.73. The SMILES string of the molecule is CC(C)(O)COc1ccc2c(C(=O)NC3CCC(Oc4c(F)cc(F)cc4C(N)=O)CC3)cnn2c1. The molecule has 192 valence electrons. The Morgan fingerprint density at radius 3 is 2.58 bits per heavy atom. The van der Waals surface area contributed by atoms with Crippen LogP contribution < -0.4 is 20.5 Å². The van der Waals surface area contributed by atoms with E-state index < -0.39 is 29.2 Å². The van der Waals surface area contributed by atoms with Gasteiger partial charge in [-0.05, 0) is 57.7 Å². The zero-order chi connectivity index (χ0) is 26.0. The summed E-state index contributed by atoms with van der Waals surface area (Å²) in [5, 5.41) is 17.0. The summed E-state index contributed by atoms with van der Waals surface area (Å²) >= 11 is 0. The Balaban J connectivity index is 1.35. The van der Waals surface area contributed by atoms with Crippen LogP contribution >= 0.6 is 0 Å². The number of nitrogens with two attached hydrogens (primary N) is 1. The molecule has 1 aliphatic rings. The molecule has 0 bridgehead atoms. The van der Waals surface area contributed by atoms with Gasteiger partial charge in [-0.15, -0.1) is 0 Å². The number of benzene rings is 1. The molecule has 1 fully saturated rings. The number of amides is 2. The van der Waals surface area contributed by atoms with Gasteiger partial charge in [0.1, 0.15) is 18.2 Å². The number of carbonyl (C=O) groups is 2. The summed E-state index contributed by atoms with van der Waals surface area (Å²) in [6, 6.07) is 4.80. The first-order valence-corrected chi connectivity index (χ1v) is 11.6. The van der Waals surface area contributed by atoms with Gasteiger partial charge in [0.2, 0.25) is 0 Å². The van der Waals surface area contributed by atoms with Gasteiger partial charge in [0.15, 0.2) is 11.6 Å². The minimum atomic E-state index is -0.985. The highest BCUT2D eigenvalue weighted by atomic mass is 19.1. The summed E-state index contributed by atoms with van der Waals surface area (Å²) in [5.74, 6) is -3.00. The standard InChI is InChI=1S/C25H28F2N4O5/c1-25(2,34)13-35-17-7-8-21-19(11-29-31(21)12-17)24(33)30-15-3-5-16(6-4-15)36-22-18(23(28)32)9-14(26)10-20(22)27/h7-12,15-16,34H,3-6,13H2,1-2H3,(H2,28,32)(H,30,33). The molecule has 4 N–H and O–H groups in total. The van der Waals surface area contributed by atoms with Gasteiger partial charge in [-0.3, -0.25) is 9.59 Å². The van der Waals surface area contributed by atoms with Crippen molar-refractivity contribution in [2.24, 2.45) is 5.73 Å². The van der Waals surface area contributed by atoms with E-state index in [0.29, 0.717) is 48.6 Å². The molecule has 1 aromatic carbocycles. The van der Waals surface area contributed by atoms with E-state index in [1.807, 2.05) is 0 Å². The maximum absolute atomic E-state index is 14.2. The smallest absolute Gasteiger partial charge is 0.255 e. The van der Waals surface area contributed by atoms with Gasteiger partial charge in [-0.1, -0.05) is 0 Å². The monoisotopic (exact) mass is 502 g/mol. The maximum atomic E-state index is 14.2. The van der Waals surface area contributed by atoms with Crippen LogP contribution in [0.4, 0.5) is 8.78 Å². The molecular formula is C25H28F2N4O5. The third-order valence-corrected chi connectivity index (χ3v) is 5.89. The van der Waals surface area contributed by atoms with Crippen LogP contribution in [0.25, 0.3) is 5.52 Å². The number of ether oxygens (including phenoxy) is 2. The summed E-state index contributed by atoms with van der Waals surface area (Å²) in [5.41, 5.74) is 4.92. The molecule has 4 rings (SSSR count). The molecule has 1 saturated carbocycles. The van der Waals surface area contributed by atoms with Gasteiger partial charge in [-0.25, -0.2) is 13.3 Å². The van der Waals surface area contributed by atoms with E-state index in [1.165, 1.54) is 10.7 Å². The summed E-state index contributed by atoms with van der Waals surface area (Å²) in [6.45, 7) is 3.39. The lowest BCUT2D eigenvalue weighted by molar-refractivity contribution is 0.0283. The zero-order valence-electron chi connectivity index (χ0n) is 20.0. The highest BCUT2D eigenvalue weighted by molar-refractivity contribution is 6.00. The Kier molecular flexibility index (Phi) is 7.11. The molecule has 2 amide bonds. The van der Waals surface area contributed by atoms with Crippen molar-refractivity contribution in [1.29, 1.82) is 0 Å². The molecule has 36 heavy (non-hydrogen) atoms. The van der Waals surface area contributed by atoms with E-state index in [-0.39, 0.29) is 29.9 Å². The molecule has 0 spiro atoms. The molecule has 3 aromatic rings. The highest BCUT2D eigenvalue weighted by Gasteiger charge is 2.27. The predicted molar refractivity (Wildman–Crippen MR) is 126 cm³/mol. The van der Waals surface area contributed by atoms with Crippen LogP contribution in [0.1, 0.15) is 60.2 Å². The minimum absolute atomic E-state index is 0.108. The lowest BCUT2D eigenvalue weighted by Crippen LogP contribution is -2.39. The van der Waals surface area contributed by atoms with Crippen LogP contribution in [-0.2, 0) is 0 Å². The fraction of sp³-hybridized carbons (Fsp3) is 0.400. The topological polar surface area (TPSA) is 128 Å². The summed E-state index contributed by atoms with van der Waals surface area (Å²) < 4.78 is 40.5. The van der Waals surface area contributed by atoms with Crippen molar-refractivity contribution >= 4 is 17.3 Å². The average Bonchev–Trinajstić information content (AvgIpc) is 3.23. The Bertz CT molecular complexity index is 1280. The first kappa shape index (κ1) is 25.4. The molecule has 11 heteroatoms. The number of hydrogen-bond donors (Lipinski definition) is 3. The molecule has 0 saturated heterocycles. The zero-order valence-corrected chi connectivity index (χ0v) is 20.0. The molecular weight excluding hydrogens is 474 g/mol. The van der Waals surface area contributed by atoms with E-state index >= 15 is 0 Å². The number of aromatic nitrogens is 2. The lowest BCUT2D eigenvalue weighted by atomic mass is 9.92. The van der Waals surface area contributed by atoms with Crippen molar-refractivity contribution in [3.63, 3.8) is 0 Å². The summed E-state index contributed by atoms with van der Waals surface area (Å²) in [6.07, 6.45) is 4.83. The third kappa shape index (κ3) is 5.91. The molecule has 2 heterocycles. The normalized spacial score (nSPS) is 18.1. The van der Waals surface area contributed by atoms with Crippen molar-refractivity contribution in [2.45, 2.75) is 57.3 Å². The molecule has 0 radical (unpaired) electrons. The van der Waals surface area contributed by atoms with E-state index in [1.54, 1.807) is 32.2 Å². The molecule has 0 unspecified atom stereocenters. The first-order valence-electron chi connectivity index (χ1n) is 11.6. The number of rotatable bonds is 8. The number of nitrogens with zero attached hydrogens (tertiary/aromatic N) is 2. The molecule has 0 atom stereocenters. The van der Waals surface area contributed by atoms with Gasteiger partial charge in [0.05, 0.1) is 40.7 Å². The van der Waals surface area contributed by atoms with Crippen molar-refractivity contribution in [3.8, 4) is 11.5 Å². The maximum Gasteiger partial charge on any atom is 0.255 e. The number of aliphatic hydroxyl groups is 1.